The second kappa shape index (κ2) is 11.5. The topological polar surface area (TPSA) is 39.7 Å². The molecular weight excluding hydrogens is 254 g/mol. The van der Waals surface area contributed by atoms with Crippen LogP contribution in [-0.2, 0) is 14.2 Å². The van der Waals surface area contributed by atoms with Gasteiger partial charge in [0.15, 0.2) is 0 Å². The quantitative estimate of drug-likeness (QED) is 0.593. The lowest BCUT2D eigenvalue weighted by atomic mass is 9.85. The summed E-state index contributed by atoms with van der Waals surface area (Å²) in [6, 6.07) is 0.542. The van der Waals surface area contributed by atoms with Crippen molar-refractivity contribution >= 4 is 0 Å². The van der Waals surface area contributed by atoms with Crippen molar-refractivity contribution in [3.05, 3.63) is 0 Å². The molecule has 1 aliphatic carbocycles. The average Bonchev–Trinajstić information content (AvgIpc) is 2.45. The van der Waals surface area contributed by atoms with Crippen LogP contribution in [0.25, 0.3) is 0 Å². The highest BCUT2D eigenvalue weighted by Crippen LogP contribution is 2.26. The van der Waals surface area contributed by atoms with E-state index in [0.717, 1.165) is 32.1 Å². The van der Waals surface area contributed by atoms with Gasteiger partial charge < -0.3 is 19.5 Å². The Balaban J connectivity index is 2.13. The lowest BCUT2D eigenvalue weighted by Crippen LogP contribution is -2.45. The summed E-state index contributed by atoms with van der Waals surface area (Å²) in [6.07, 6.45) is 6.29. The Kier molecular flexibility index (Phi) is 10.3. The molecular formula is C16H33NO3. The van der Waals surface area contributed by atoms with Crippen molar-refractivity contribution in [1.29, 1.82) is 0 Å². The van der Waals surface area contributed by atoms with E-state index < -0.39 is 0 Å². The number of ether oxygens (including phenoxy) is 3. The Labute approximate surface area is 124 Å². The van der Waals surface area contributed by atoms with E-state index in [1.54, 1.807) is 7.11 Å². The maximum Gasteiger partial charge on any atom is 0.0730 e. The van der Waals surface area contributed by atoms with Gasteiger partial charge in [0.2, 0.25) is 0 Å². The first-order valence-corrected chi connectivity index (χ1v) is 8.19. The van der Waals surface area contributed by atoms with E-state index in [9.17, 15) is 0 Å². The predicted molar refractivity (Wildman–Crippen MR) is 82.1 cm³/mol. The van der Waals surface area contributed by atoms with Crippen molar-refractivity contribution in [2.75, 3.05) is 40.1 Å². The van der Waals surface area contributed by atoms with Crippen LogP contribution in [-0.4, -0.2) is 52.2 Å². The summed E-state index contributed by atoms with van der Waals surface area (Å²) in [5.74, 6) is 0.789. The van der Waals surface area contributed by atoms with Gasteiger partial charge in [-0.15, -0.1) is 0 Å². The third-order valence-electron chi connectivity index (χ3n) is 3.91. The standard InChI is InChI=1S/C16H33NO3/c1-4-8-17-15-7-6-14(2)13-16(15)20-10-5-9-19-12-11-18-3/h14-17H,4-13H2,1-3H3. The molecule has 20 heavy (non-hydrogen) atoms. The molecule has 0 saturated heterocycles. The Bertz CT molecular complexity index is 224. The first-order valence-electron chi connectivity index (χ1n) is 8.19. The van der Waals surface area contributed by atoms with Crippen molar-refractivity contribution < 1.29 is 14.2 Å². The Hall–Kier alpha value is -0.160. The molecule has 4 heteroatoms. The fourth-order valence-electron chi connectivity index (χ4n) is 2.72. The molecule has 0 aliphatic heterocycles. The largest absolute Gasteiger partial charge is 0.382 e. The summed E-state index contributed by atoms with van der Waals surface area (Å²) in [5.41, 5.74) is 0. The van der Waals surface area contributed by atoms with Crippen molar-refractivity contribution in [2.45, 2.75) is 58.1 Å². The van der Waals surface area contributed by atoms with Gasteiger partial charge in [-0.05, 0) is 44.6 Å². The van der Waals surface area contributed by atoms with Crippen LogP contribution in [0.2, 0.25) is 0 Å². The van der Waals surface area contributed by atoms with Crippen LogP contribution in [0.3, 0.4) is 0 Å². The molecule has 1 fully saturated rings. The molecule has 120 valence electrons. The van der Waals surface area contributed by atoms with Crippen LogP contribution in [0, 0.1) is 5.92 Å². The van der Waals surface area contributed by atoms with E-state index in [0.29, 0.717) is 25.4 Å². The molecule has 0 amide bonds. The molecule has 0 bridgehead atoms. The van der Waals surface area contributed by atoms with Crippen LogP contribution in [0.5, 0.6) is 0 Å². The molecule has 3 unspecified atom stereocenters. The first kappa shape index (κ1) is 17.9. The van der Waals surface area contributed by atoms with Gasteiger partial charge in [0, 0.05) is 26.4 Å². The van der Waals surface area contributed by atoms with Crippen LogP contribution in [0.15, 0.2) is 0 Å². The minimum Gasteiger partial charge on any atom is -0.382 e. The van der Waals surface area contributed by atoms with E-state index >= 15 is 0 Å². The molecule has 0 spiro atoms. The van der Waals surface area contributed by atoms with Crippen molar-refractivity contribution in [3.63, 3.8) is 0 Å². The molecule has 0 radical (unpaired) electrons. The van der Waals surface area contributed by atoms with E-state index in [1.165, 1.54) is 25.7 Å². The van der Waals surface area contributed by atoms with E-state index in [1.807, 2.05) is 0 Å². The molecule has 3 atom stereocenters. The Morgan fingerprint density at radius 1 is 1.10 bits per heavy atom. The zero-order valence-corrected chi connectivity index (χ0v) is 13.5. The number of hydrogen-bond donors (Lipinski definition) is 1. The monoisotopic (exact) mass is 287 g/mol. The van der Waals surface area contributed by atoms with Gasteiger partial charge in [-0.2, -0.15) is 0 Å². The van der Waals surface area contributed by atoms with Gasteiger partial charge in [0.05, 0.1) is 19.3 Å². The molecule has 1 aliphatic rings. The summed E-state index contributed by atoms with van der Waals surface area (Å²) in [4.78, 5) is 0. The maximum absolute atomic E-state index is 6.10. The van der Waals surface area contributed by atoms with Crippen LogP contribution >= 0.6 is 0 Å². The number of nitrogens with one attached hydrogen (secondary N) is 1. The van der Waals surface area contributed by atoms with Gasteiger partial charge in [-0.25, -0.2) is 0 Å². The Morgan fingerprint density at radius 3 is 2.70 bits per heavy atom. The first-order chi connectivity index (χ1) is 9.77. The fourth-order valence-corrected chi connectivity index (χ4v) is 2.72. The van der Waals surface area contributed by atoms with Crippen molar-refractivity contribution in [1.82, 2.24) is 5.32 Å². The summed E-state index contributed by atoms with van der Waals surface area (Å²) < 4.78 is 16.5. The highest BCUT2D eigenvalue weighted by atomic mass is 16.5. The lowest BCUT2D eigenvalue weighted by Gasteiger charge is -2.35. The third kappa shape index (κ3) is 7.58. The summed E-state index contributed by atoms with van der Waals surface area (Å²) in [5, 5.41) is 3.64. The predicted octanol–water partition coefficient (Wildman–Crippen LogP) is 2.61. The second-order valence-electron chi connectivity index (χ2n) is 5.85. The fraction of sp³-hybridized carbons (Fsp3) is 1.00. The van der Waals surface area contributed by atoms with Gasteiger partial charge in [0.25, 0.3) is 0 Å². The number of rotatable bonds is 11. The van der Waals surface area contributed by atoms with Gasteiger partial charge in [-0.3, -0.25) is 0 Å². The smallest absolute Gasteiger partial charge is 0.0730 e. The highest BCUT2D eigenvalue weighted by Gasteiger charge is 2.28. The van der Waals surface area contributed by atoms with Crippen LogP contribution in [0.4, 0.5) is 0 Å². The summed E-state index contributed by atoms with van der Waals surface area (Å²) in [7, 11) is 1.69. The minimum atomic E-state index is 0.379. The molecule has 0 heterocycles. The van der Waals surface area contributed by atoms with E-state index in [2.05, 4.69) is 19.2 Å². The Morgan fingerprint density at radius 2 is 1.95 bits per heavy atom. The normalized spacial score (nSPS) is 26.9. The average molecular weight is 287 g/mol. The number of hydrogen-bond acceptors (Lipinski definition) is 4. The van der Waals surface area contributed by atoms with Crippen molar-refractivity contribution in [2.24, 2.45) is 5.92 Å². The second-order valence-corrected chi connectivity index (χ2v) is 5.85. The van der Waals surface area contributed by atoms with Crippen LogP contribution in [0.1, 0.15) is 46.0 Å². The van der Waals surface area contributed by atoms with Gasteiger partial charge in [0.1, 0.15) is 0 Å². The SMILES string of the molecule is CCCNC1CCC(C)CC1OCCCOCCOC. The molecule has 0 aromatic heterocycles. The number of methoxy groups -OCH3 is 1. The molecule has 4 nitrogen and oxygen atoms in total. The molecule has 1 rings (SSSR count). The molecule has 0 aromatic rings. The van der Waals surface area contributed by atoms with E-state index in [-0.39, 0.29) is 0 Å². The summed E-state index contributed by atoms with van der Waals surface area (Å²) in [6.45, 7) is 8.56. The third-order valence-corrected chi connectivity index (χ3v) is 3.91. The van der Waals surface area contributed by atoms with Gasteiger partial charge in [-0.1, -0.05) is 13.8 Å². The van der Waals surface area contributed by atoms with Crippen LogP contribution < -0.4 is 5.32 Å². The van der Waals surface area contributed by atoms with Gasteiger partial charge >= 0.3 is 0 Å². The molecule has 0 aromatic carbocycles. The van der Waals surface area contributed by atoms with Crippen molar-refractivity contribution in [3.8, 4) is 0 Å². The summed E-state index contributed by atoms with van der Waals surface area (Å²) >= 11 is 0. The molecule has 1 N–H and O–H groups in total. The zero-order chi connectivity index (χ0) is 14.6. The van der Waals surface area contributed by atoms with E-state index in [4.69, 9.17) is 14.2 Å². The maximum atomic E-state index is 6.10. The zero-order valence-electron chi connectivity index (χ0n) is 13.5. The lowest BCUT2D eigenvalue weighted by molar-refractivity contribution is -0.0187. The molecule has 1 saturated carbocycles. The minimum absolute atomic E-state index is 0.379. The highest BCUT2D eigenvalue weighted by molar-refractivity contribution is 4.84.